The summed E-state index contributed by atoms with van der Waals surface area (Å²) in [6, 6.07) is 4.94. The molecule has 5 heteroatoms. The van der Waals surface area contributed by atoms with Gasteiger partial charge in [0.15, 0.2) is 0 Å². The first-order valence-electron chi connectivity index (χ1n) is 6.85. The summed E-state index contributed by atoms with van der Waals surface area (Å²) in [5.74, 6) is -0.158. The monoisotopic (exact) mass is 271 g/mol. The van der Waals surface area contributed by atoms with Gasteiger partial charge in [-0.3, -0.25) is 0 Å². The first-order chi connectivity index (χ1) is 9.63. The SMILES string of the molecule is CCC1(CNc2ncnc3cc(C(=O)O)ccc23)CC1. The molecule has 0 radical (unpaired) electrons. The quantitative estimate of drug-likeness (QED) is 0.874. The van der Waals surface area contributed by atoms with Crippen LogP contribution in [0, 0.1) is 5.41 Å². The van der Waals surface area contributed by atoms with E-state index >= 15 is 0 Å². The van der Waals surface area contributed by atoms with Gasteiger partial charge >= 0.3 is 5.97 Å². The number of aromatic carboxylic acids is 1. The van der Waals surface area contributed by atoms with Crippen molar-refractivity contribution in [3.05, 3.63) is 30.1 Å². The average Bonchev–Trinajstić information content (AvgIpc) is 3.25. The fourth-order valence-electron chi connectivity index (χ4n) is 2.43. The van der Waals surface area contributed by atoms with Crippen LogP contribution in [-0.4, -0.2) is 27.6 Å². The number of aromatic nitrogens is 2. The van der Waals surface area contributed by atoms with E-state index in [-0.39, 0.29) is 5.56 Å². The molecule has 1 aromatic heterocycles. The van der Waals surface area contributed by atoms with Gasteiger partial charge in [0.25, 0.3) is 0 Å². The van der Waals surface area contributed by atoms with Crippen LogP contribution in [0.15, 0.2) is 24.5 Å². The minimum atomic E-state index is -0.942. The maximum absolute atomic E-state index is 11.0. The second-order valence-corrected chi connectivity index (χ2v) is 5.47. The number of carboxylic acids is 1. The molecule has 1 aliphatic carbocycles. The van der Waals surface area contributed by atoms with E-state index < -0.39 is 5.97 Å². The fraction of sp³-hybridized carbons (Fsp3) is 0.400. The highest BCUT2D eigenvalue weighted by Crippen LogP contribution is 2.48. The van der Waals surface area contributed by atoms with Crippen LogP contribution in [0.3, 0.4) is 0 Å². The third-order valence-corrected chi connectivity index (χ3v) is 4.22. The zero-order chi connectivity index (χ0) is 14.2. The Morgan fingerprint density at radius 1 is 1.40 bits per heavy atom. The minimum Gasteiger partial charge on any atom is -0.478 e. The molecule has 1 aliphatic rings. The predicted molar refractivity (Wildman–Crippen MR) is 76.9 cm³/mol. The van der Waals surface area contributed by atoms with E-state index in [1.807, 2.05) is 0 Å². The van der Waals surface area contributed by atoms with Crippen molar-refractivity contribution >= 4 is 22.7 Å². The van der Waals surface area contributed by atoms with Gasteiger partial charge in [-0.2, -0.15) is 0 Å². The number of nitrogens with zero attached hydrogens (tertiary/aromatic N) is 2. The van der Waals surface area contributed by atoms with Gasteiger partial charge in [-0.15, -0.1) is 0 Å². The molecular formula is C15H17N3O2. The summed E-state index contributed by atoms with van der Waals surface area (Å²) < 4.78 is 0. The van der Waals surface area contributed by atoms with Crippen LogP contribution < -0.4 is 5.32 Å². The van der Waals surface area contributed by atoms with Gasteiger partial charge in [-0.05, 0) is 42.9 Å². The Bertz CT molecular complexity index is 665. The van der Waals surface area contributed by atoms with Crippen molar-refractivity contribution in [3.8, 4) is 0 Å². The maximum atomic E-state index is 11.0. The molecule has 2 N–H and O–H groups in total. The van der Waals surface area contributed by atoms with Gasteiger partial charge in [0, 0.05) is 11.9 Å². The summed E-state index contributed by atoms with van der Waals surface area (Å²) in [4.78, 5) is 19.4. The van der Waals surface area contributed by atoms with E-state index in [2.05, 4.69) is 22.2 Å². The van der Waals surface area contributed by atoms with Crippen molar-refractivity contribution < 1.29 is 9.90 Å². The molecule has 0 unspecified atom stereocenters. The Hall–Kier alpha value is -2.17. The van der Waals surface area contributed by atoms with Crippen molar-refractivity contribution in [1.82, 2.24) is 9.97 Å². The van der Waals surface area contributed by atoms with Crippen molar-refractivity contribution in [2.75, 3.05) is 11.9 Å². The van der Waals surface area contributed by atoms with Gasteiger partial charge in [-0.1, -0.05) is 6.92 Å². The number of rotatable bonds is 5. The summed E-state index contributed by atoms with van der Waals surface area (Å²) in [5, 5.41) is 13.3. The van der Waals surface area contributed by atoms with Crippen molar-refractivity contribution in [2.45, 2.75) is 26.2 Å². The molecular weight excluding hydrogens is 254 g/mol. The third kappa shape index (κ3) is 2.31. The zero-order valence-electron chi connectivity index (χ0n) is 11.4. The number of hydrogen-bond donors (Lipinski definition) is 2. The van der Waals surface area contributed by atoms with Crippen LogP contribution in [-0.2, 0) is 0 Å². The Kier molecular flexibility index (Phi) is 3.04. The number of anilines is 1. The van der Waals surface area contributed by atoms with E-state index in [1.165, 1.54) is 25.6 Å². The largest absolute Gasteiger partial charge is 0.478 e. The fourth-order valence-corrected chi connectivity index (χ4v) is 2.43. The molecule has 0 saturated heterocycles. The molecule has 1 heterocycles. The molecule has 104 valence electrons. The molecule has 20 heavy (non-hydrogen) atoms. The molecule has 1 saturated carbocycles. The Morgan fingerprint density at radius 2 is 2.20 bits per heavy atom. The molecule has 1 aromatic carbocycles. The van der Waals surface area contributed by atoms with Crippen LogP contribution in [0.4, 0.5) is 5.82 Å². The number of hydrogen-bond acceptors (Lipinski definition) is 4. The van der Waals surface area contributed by atoms with Crippen molar-refractivity contribution in [2.24, 2.45) is 5.41 Å². The molecule has 0 atom stereocenters. The van der Waals surface area contributed by atoms with Crippen LogP contribution in [0.5, 0.6) is 0 Å². The van der Waals surface area contributed by atoms with Crippen LogP contribution >= 0.6 is 0 Å². The lowest BCUT2D eigenvalue weighted by Crippen LogP contribution is -2.15. The molecule has 1 fully saturated rings. The summed E-state index contributed by atoms with van der Waals surface area (Å²) in [7, 11) is 0. The lowest BCUT2D eigenvalue weighted by Gasteiger charge is -2.15. The Morgan fingerprint density at radius 3 is 2.85 bits per heavy atom. The highest BCUT2D eigenvalue weighted by atomic mass is 16.4. The average molecular weight is 271 g/mol. The maximum Gasteiger partial charge on any atom is 0.335 e. The van der Waals surface area contributed by atoms with Gasteiger partial charge < -0.3 is 10.4 Å². The van der Waals surface area contributed by atoms with Gasteiger partial charge in [0.05, 0.1) is 11.1 Å². The summed E-state index contributed by atoms with van der Waals surface area (Å²) in [6.07, 6.45) is 5.18. The molecule has 5 nitrogen and oxygen atoms in total. The van der Waals surface area contributed by atoms with Gasteiger partial charge in [0.1, 0.15) is 12.1 Å². The molecule has 2 aromatic rings. The second kappa shape index (κ2) is 4.74. The number of benzene rings is 1. The second-order valence-electron chi connectivity index (χ2n) is 5.47. The first kappa shape index (κ1) is 12.8. The molecule has 0 amide bonds. The van der Waals surface area contributed by atoms with E-state index in [9.17, 15) is 4.79 Å². The van der Waals surface area contributed by atoms with Crippen molar-refractivity contribution in [1.29, 1.82) is 0 Å². The van der Waals surface area contributed by atoms with Crippen LogP contribution in [0.2, 0.25) is 0 Å². The molecule has 0 aliphatic heterocycles. The zero-order valence-corrected chi connectivity index (χ0v) is 11.4. The van der Waals surface area contributed by atoms with E-state index in [0.717, 1.165) is 17.7 Å². The number of fused-ring (bicyclic) bond motifs is 1. The Balaban J connectivity index is 1.89. The van der Waals surface area contributed by atoms with Crippen LogP contribution in [0.25, 0.3) is 10.9 Å². The summed E-state index contributed by atoms with van der Waals surface area (Å²) in [5.41, 5.74) is 1.33. The van der Waals surface area contributed by atoms with Gasteiger partial charge in [0.2, 0.25) is 0 Å². The third-order valence-electron chi connectivity index (χ3n) is 4.22. The lowest BCUT2D eigenvalue weighted by molar-refractivity contribution is 0.0697. The van der Waals surface area contributed by atoms with Crippen molar-refractivity contribution in [3.63, 3.8) is 0 Å². The number of nitrogens with one attached hydrogen (secondary N) is 1. The molecule has 3 rings (SSSR count). The minimum absolute atomic E-state index is 0.245. The highest BCUT2D eigenvalue weighted by Gasteiger charge is 2.40. The molecule has 0 spiro atoms. The summed E-state index contributed by atoms with van der Waals surface area (Å²) >= 11 is 0. The normalized spacial score (nSPS) is 16.1. The van der Waals surface area contributed by atoms with Crippen LogP contribution in [0.1, 0.15) is 36.5 Å². The molecule has 0 bridgehead atoms. The topological polar surface area (TPSA) is 75.1 Å². The first-order valence-corrected chi connectivity index (χ1v) is 6.85. The van der Waals surface area contributed by atoms with E-state index in [4.69, 9.17) is 5.11 Å². The summed E-state index contributed by atoms with van der Waals surface area (Å²) in [6.45, 7) is 3.13. The predicted octanol–water partition coefficient (Wildman–Crippen LogP) is 2.93. The lowest BCUT2D eigenvalue weighted by atomic mass is 10.0. The number of carbonyl (C=O) groups is 1. The Labute approximate surface area is 117 Å². The van der Waals surface area contributed by atoms with Gasteiger partial charge in [-0.25, -0.2) is 14.8 Å². The standard InChI is InChI=1S/C15H17N3O2/c1-2-15(5-6-15)8-16-13-11-4-3-10(14(19)20)7-12(11)17-9-18-13/h3-4,7,9H,2,5-6,8H2,1H3,(H,19,20)(H,16,17,18). The van der Waals surface area contributed by atoms with E-state index in [1.54, 1.807) is 18.2 Å². The number of carboxylic acid groups (broad SMARTS) is 1. The highest BCUT2D eigenvalue weighted by molar-refractivity contribution is 5.96. The smallest absolute Gasteiger partial charge is 0.335 e. The van der Waals surface area contributed by atoms with E-state index in [0.29, 0.717) is 10.9 Å².